The molecule has 4 rings (SSSR count). The molecule has 0 amide bonds. The third-order valence-electron chi connectivity index (χ3n) is 4.17. The van der Waals surface area contributed by atoms with Crippen LogP contribution in [0.15, 0.2) is 74.6 Å². The highest BCUT2D eigenvalue weighted by atomic mass is 35.5. The lowest BCUT2D eigenvalue weighted by atomic mass is 9.91. The molecule has 0 bridgehead atoms. The third-order valence-corrected chi connectivity index (χ3v) is 4.93. The van der Waals surface area contributed by atoms with Gasteiger partial charge in [0.1, 0.15) is 5.58 Å². The van der Waals surface area contributed by atoms with Crippen LogP contribution in [0.1, 0.15) is 12.0 Å². The van der Waals surface area contributed by atoms with Crippen molar-refractivity contribution in [3.05, 3.63) is 91.4 Å². The van der Waals surface area contributed by atoms with Gasteiger partial charge < -0.3 is 4.42 Å². The topological polar surface area (TPSA) is 30.2 Å². The largest absolute Gasteiger partial charge is 0.422 e. The molecular weight excluding hydrogens is 391 g/mol. The fourth-order valence-electron chi connectivity index (χ4n) is 3.00. The Balaban J connectivity index is 2.12. The Morgan fingerprint density at radius 3 is 2.35 bits per heavy atom. The lowest BCUT2D eigenvalue weighted by Gasteiger charge is -2.14. The number of benzene rings is 2. The summed E-state index contributed by atoms with van der Waals surface area (Å²) >= 11 is 18.2. The van der Waals surface area contributed by atoms with Crippen LogP contribution in [0.3, 0.4) is 0 Å². The van der Waals surface area contributed by atoms with Crippen LogP contribution in [0.2, 0.25) is 10.0 Å². The Bertz CT molecular complexity index is 1180. The standard InChI is InChI=1S/C21H11Cl3O2/c22-14-5-1-12(2-6-14)19-17-11-16(24)9-10-18(17)26-21(25)20(19)13-3-7-15(23)8-4-13/h1-6,9-11H,7H2. The van der Waals surface area contributed by atoms with E-state index in [0.29, 0.717) is 32.6 Å². The maximum atomic E-state index is 12.8. The van der Waals surface area contributed by atoms with Gasteiger partial charge in [-0.1, -0.05) is 53.0 Å². The molecule has 0 radical (unpaired) electrons. The molecule has 3 aromatic rings. The summed E-state index contributed by atoms with van der Waals surface area (Å²) in [5, 5.41) is 2.52. The number of allylic oxidation sites excluding steroid dienone is 3. The van der Waals surface area contributed by atoms with E-state index in [0.717, 1.165) is 22.1 Å². The molecule has 0 aliphatic heterocycles. The van der Waals surface area contributed by atoms with Crippen molar-refractivity contribution < 1.29 is 4.42 Å². The van der Waals surface area contributed by atoms with Gasteiger partial charge in [-0.05, 0) is 47.5 Å². The van der Waals surface area contributed by atoms with E-state index in [-0.39, 0.29) is 0 Å². The van der Waals surface area contributed by atoms with Crippen LogP contribution < -0.4 is 5.63 Å². The maximum Gasteiger partial charge on any atom is 0.344 e. The van der Waals surface area contributed by atoms with E-state index in [2.05, 4.69) is 5.73 Å². The van der Waals surface area contributed by atoms with Crippen LogP contribution in [0.5, 0.6) is 0 Å². The van der Waals surface area contributed by atoms with Crippen LogP contribution in [0, 0.1) is 0 Å². The Morgan fingerprint density at radius 2 is 1.65 bits per heavy atom. The van der Waals surface area contributed by atoms with Gasteiger partial charge in [-0.15, -0.1) is 5.73 Å². The summed E-state index contributed by atoms with van der Waals surface area (Å²) in [5.74, 6) is 0. The Kier molecular flexibility index (Phi) is 4.52. The second-order valence-corrected chi connectivity index (χ2v) is 7.17. The predicted molar refractivity (Wildman–Crippen MR) is 108 cm³/mol. The highest BCUT2D eigenvalue weighted by Crippen LogP contribution is 2.36. The minimum absolute atomic E-state index is 0.424. The van der Waals surface area contributed by atoms with Crippen molar-refractivity contribution in [1.29, 1.82) is 0 Å². The highest BCUT2D eigenvalue weighted by Gasteiger charge is 2.19. The summed E-state index contributed by atoms with van der Waals surface area (Å²) in [7, 11) is 0. The molecule has 5 heteroatoms. The van der Waals surface area contributed by atoms with Crippen molar-refractivity contribution in [2.75, 3.05) is 0 Å². The first kappa shape index (κ1) is 17.2. The molecule has 1 aliphatic rings. The SMILES string of the molecule is O=c1oc2ccc(Cl)cc2c(-c2ccc(Cl)cc2)c1C1=CCC(Cl)=C=C1. The second kappa shape index (κ2) is 6.83. The van der Waals surface area contributed by atoms with Crippen molar-refractivity contribution in [3.63, 3.8) is 0 Å². The normalized spacial score (nSPS) is 13.7. The van der Waals surface area contributed by atoms with Gasteiger partial charge >= 0.3 is 5.63 Å². The van der Waals surface area contributed by atoms with Gasteiger partial charge in [0.15, 0.2) is 0 Å². The lowest BCUT2D eigenvalue weighted by Crippen LogP contribution is -2.09. The van der Waals surface area contributed by atoms with E-state index < -0.39 is 5.63 Å². The molecule has 0 saturated heterocycles. The first-order chi connectivity index (χ1) is 12.5. The Hall–Kier alpha value is -2.22. The molecule has 1 aliphatic carbocycles. The third kappa shape index (κ3) is 3.13. The highest BCUT2D eigenvalue weighted by molar-refractivity contribution is 6.32. The first-order valence-electron chi connectivity index (χ1n) is 7.87. The van der Waals surface area contributed by atoms with Crippen LogP contribution >= 0.6 is 34.8 Å². The van der Waals surface area contributed by atoms with Gasteiger partial charge in [-0.3, -0.25) is 0 Å². The molecule has 0 fully saturated rings. The van der Waals surface area contributed by atoms with E-state index in [4.69, 9.17) is 39.2 Å². The van der Waals surface area contributed by atoms with Crippen LogP contribution in [-0.4, -0.2) is 0 Å². The quantitative estimate of drug-likeness (QED) is 0.348. The number of hydrogen-bond donors (Lipinski definition) is 0. The van der Waals surface area contributed by atoms with Crippen molar-refractivity contribution in [2.24, 2.45) is 0 Å². The average molecular weight is 402 g/mol. The molecule has 2 nitrogen and oxygen atoms in total. The number of fused-ring (bicyclic) bond motifs is 1. The summed E-state index contributed by atoms with van der Waals surface area (Å²) in [5.41, 5.74) is 5.79. The smallest absolute Gasteiger partial charge is 0.344 e. The van der Waals surface area contributed by atoms with E-state index in [1.54, 1.807) is 36.4 Å². The maximum absolute atomic E-state index is 12.8. The monoisotopic (exact) mass is 400 g/mol. The van der Waals surface area contributed by atoms with Crippen molar-refractivity contribution in [3.8, 4) is 11.1 Å². The molecule has 0 spiro atoms. The molecule has 128 valence electrons. The molecule has 26 heavy (non-hydrogen) atoms. The summed E-state index contributed by atoms with van der Waals surface area (Å²) in [6, 6.07) is 12.5. The summed E-state index contributed by atoms with van der Waals surface area (Å²) in [6.07, 6.45) is 4.11. The van der Waals surface area contributed by atoms with Gasteiger partial charge in [0.25, 0.3) is 0 Å². The van der Waals surface area contributed by atoms with E-state index >= 15 is 0 Å². The number of rotatable bonds is 2. The molecule has 2 aromatic carbocycles. The lowest BCUT2D eigenvalue weighted by molar-refractivity contribution is 0.559. The van der Waals surface area contributed by atoms with E-state index in [1.807, 2.05) is 18.2 Å². The van der Waals surface area contributed by atoms with E-state index in [1.165, 1.54) is 0 Å². The predicted octanol–water partition coefficient (Wildman–Crippen LogP) is 6.83. The zero-order chi connectivity index (χ0) is 18.3. The molecule has 0 saturated carbocycles. The minimum atomic E-state index is -0.424. The summed E-state index contributed by atoms with van der Waals surface area (Å²) < 4.78 is 5.55. The summed E-state index contributed by atoms with van der Waals surface area (Å²) in [6.45, 7) is 0. The van der Waals surface area contributed by atoms with Crippen molar-refractivity contribution in [1.82, 2.24) is 0 Å². The number of halogens is 3. The van der Waals surface area contributed by atoms with Gasteiger partial charge in [-0.2, -0.15) is 0 Å². The van der Waals surface area contributed by atoms with Crippen LogP contribution in [-0.2, 0) is 0 Å². The second-order valence-electron chi connectivity index (χ2n) is 5.84. The molecule has 1 aromatic heterocycles. The Labute approximate surface area is 164 Å². The fourth-order valence-corrected chi connectivity index (χ4v) is 3.43. The van der Waals surface area contributed by atoms with Crippen molar-refractivity contribution in [2.45, 2.75) is 6.42 Å². The van der Waals surface area contributed by atoms with Gasteiger partial charge in [-0.25, -0.2) is 4.79 Å². The fraction of sp³-hybridized carbons (Fsp3) is 0.0476. The number of hydrogen-bond acceptors (Lipinski definition) is 2. The molecule has 0 atom stereocenters. The molecule has 0 unspecified atom stereocenters. The Morgan fingerprint density at radius 1 is 0.923 bits per heavy atom. The van der Waals surface area contributed by atoms with Gasteiger partial charge in [0.2, 0.25) is 0 Å². The molecular formula is C21H11Cl3O2. The zero-order valence-electron chi connectivity index (χ0n) is 13.4. The zero-order valence-corrected chi connectivity index (χ0v) is 15.6. The van der Waals surface area contributed by atoms with Gasteiger partial charge in [0, 0.05) is 27.4 Å². The average Bonchev–Trinajstić information content (AvgIpc) is 2.63. The summed E-state index contributed by atoms with van der Waals surface area (Å²) in [4.78, 5) is 12.8. The van der Waals surface area contributed by atoms with Crippen LogP contribution in [0.4, 0.5) is 0 Å². The first-order valence-corrected chi connectivity index (χ1v) is 9.00. The van der Waals surface area contributed by atoms with Crippen LogP contribution in [0.25, 0.3) is 27.7 Å². The van der Waals surface area contributed by atoms with E-state index in [9.17, 15) is 4.79 Å². The minimum Gasteiger partial charge on any atom is -0.422 e. The molecule has 0 N–H and O–H groups in total. The van der Waals surface area contributed by atoms with Gasteiger partial charge in [0.05, 0.1) is 10.6 Å². The van der Waals surface area contributed by atoms with Crippen molar-refractivity contribution >= 4 is 51.3 Å². The molecule has 1 heterocycles.